The minimum Gasteiger partial charge on any atom is -0.249 e. The molecule has 0 fully saturated rings. The molecule has 3 heteroatoms. The summed E-state index contributed by atoms with van der Waals surface area (Å²) in [6.07, 6.45) is 0. The molecule has 1 aromatic rings. The summed E-state index contributed by atoms with van der Waals surface area (Å²) < 4.78 is 2.07. The lowest BCUT2D eigenvalue weighted by Gasteiger charge is -2.13. The number of hydrogen-bond donors (Lipinski definition) is 0. The molecule has 1 aromatic carbocycles. The van der Waals surface area contributed by atoms with Crippen LogP contribution in [0.1, 0.15) is 11.6 Å². The number of benzene rings is 1. The molecule has 2 nitrogen and oxygen atoms in total. The van der Waals surface area contributed by atoms with Crippen LogP contribution in [0.3, 0.4) is 0 Å². The van der Waals surface area contributed by atoms with Gasteiger partial charge in [0.2, 0.25) is 0 Å². The molecule has 74 valence electrons. The summed E-state index contributed by atoms with van der Waals surface area (Å²) >= 11 is 6.13. The molecule has 0 aromatic heterocycles. The van der Waals surface area contributed by atoms with E-state index in [1.165, 1.54) is 5.56 Å². The third-order valence-electron chi connectivity index (χ3n) is 2.70. The van der Waals surface area contributed by atoms with Gasteiger partial charge in [0.1, 0.15) is 6.54 Å². The average Bonchev–Trinajstić information content (AvgIpc) is 2.47. The van der Waals surface area contributed by atoms with Crippen molar-refractivity contribution in [3.63, 3.8) is 0 Å². The third kappa shape index (κ3) is 1.50. The molecule has 2 rings (SSSR count). The Morgan fingerprint density at radius 1 is 1.36 bits per heavy atom. The Balaban J connectivity index is 2.25. The highest BCUT2D eigenvalue weighted by molar-refractivity contribution is 6.63. The number of hydrogen-bond acceptors (Lipinski definition) is 1. The van der Waals surface area contributed by atoms with E-state index >= 15 is 0 Å². The van der Waals surface area contributed by atoms with E-state index in [2.05, 4.69) is 33.7 Å². The van der Waals surface area contributed by atoms with Crippen molar-refractivity contribution in [2.45, 2.75) is 6.04 Å². The lowest BCUT2D eigenvalue weighted by molar-refractivity contribution is -0.488. The first-order chi connectivity index (χ1) is 6.70. The summed E-state index contributed by atoms with van der Waals surface area (Å²) in [6.45, 7) is 0.958. The van der Waals surface area contributed by atoms with Gasteiger partial charge in [-0.1, -0.05) is 30.3 Å². The van der Waals surface area contributed by atoms with Gasteiger partial charge in [-0.15, -0.1) is 0 Å². The lowest BCUT2D eigenvalue weighted by Crippen LogP contribution is -2.23. The number of rotatable bonds is 1. The Hall–Kier alpha value is -1.02. The van der Waals surface area contributed by atoms with Crippen molar-refractivity contribution in [1.82, 2.24) is 4.90 Å². The molecule has 0 saturated heterocycles. The highest BCUT2D eigenvalue weighted by atomic mass is 35.5. The minimum atomic E-state index is 0.383. The summed E-state index contributed by atoms with van der Waals surface area (Å²) in [6, 6.07) is 10.8. The summed E-state index contributed by atoms with van der Waals surface area (Å²) in [5, 5.41) is 0.818. The fourth-order valence-electron chi connectivity index (χ4n) is 1.86. The van der Waals surface area contributed by atoms with Gasteiger partial charge < -0.3 is 0 Å². The molecule has 0 amide bonds. The Labute approximate surface area is 89.4 Å². The second-order valence-electron chi connectivity index (χ2n) is 3.69. The normalized spacial score (nSPS) is 21.9. The van der Waals surface area contributed by atoms with Gasteiger partial charge in [0, 0.05) is 17.2 Å². The fraction of sp³-hybridized carbons (Fsp3) is 0.364. The van der Waals surface area contributed by atoms with Crippen LogP contribution in [0, 0.1) is 0 Å². The largest absolute Gasteiger partial charge is 0.345 e. The molecule has 14 heavy (non-hydrogen) atoms. The monoisotopic (exact) mass is 209 g/mol. The SMILES string of the molecule is CN1C(Cl)=[N+](C)CC1c1ccccc1. The molecule has 1 heterocycles. The van der Waals surface area contributed by atoms with Crippen LogP contribution < -0.4 is 0 Å². The van der Waals surface area contributed by atoms with E-state index < -0.39 is 0 Å². The molecule has 1 aliphatic rings. The van der Waals surface area contributed by atoms with Gasteiger partial charge in [-0.2, -0.15) is 0 Å². The molecule has 1 atom stereocenters. The molecule has 0 radical (unpaired) electrons. The van der Waals surface area contributed by atoms with Gasteiger partial charge in [0.15, 0.2) is 6.04 Å². The van der Waals surface area contributed by atoms with Gasteiger partial charge >= 0.3 is 5.29 Å². The van der Waals surface area contributed by atoms with E-state index in [0.29, 0.717) is 6.04 Å². The van der Waals surface area contributed by atoms with Crippen molar-refractivity contribution in [2.24, 2.45) is 0 Å². The maximum Gasteiger partial charge on any atom is 0.345 e. The maximum atomic E-state index is 6.13. The van der Waals surface area contributed by atoms with E-state index in [-0.39, 0.29) is 0 Å². The summed E-state index contributed by atoms with van der Waals surface area (Å²) in [7, 11) is 4.05. The zero-order chi connectivity index (χ0) is 10.1. The quantitative estimate of drug-likeness (QED) is 0.506. The smallest absolute Gasteiger partial charge is 0.249 e. The van der Waals surface area contributed by atoms with Crippen molar-refractivity contribution in [1.29, 1.82) is 0 Å². The Kier molecular flexibility index (Phi) is 2.46. The first kappa shape index (κ1) is 9.53. The first-order valence-electron chi connectivity index (χ1n) is 4.71. The van der Waals surface area contributed by atoms with Gasteiger partial charge in [-0.3, -0.25) is 0 Å². The van der Waals surface area contributed by atoms with Gasteiger partial charge in [-0.05, 0) is 0 Å². The fourth-order valence-corrected chi connectivity index (χ4v) is 2.05. The van der Waals surface area contributed by atoms with Crippen molar-refractivity contribution in [3.8, 4) is 0 Å². The molecule has 0 aliphatic carbocycles. The molecule has 1 aliphatic heterocycles. The van der Waals surface area contributed by atoms with Crippen molar-refractivity contribution in [3.05, 3.63) is 35.9 Å². The number of amidine groups is 1. The third-order valence-corrected chi connectivity index (χ3v) is 3.26. The zero-order valence-corrected chi connectivity index (χ0v) is 9.20. The maximum absolute atomic E-state index is 6.13. The van der Waals surface area contributed by atoms with E-state index in [1.54, 1.807) is 0 Å². The first-order valence-corrected chi connectivity index (χ1v) is 5.09. The van der Waals surface area contributed by atoms with E-state index in [4.69, 9.17) is 11.6 Å². The van der Waals surface area contributed by atoms with Crippen molar-refractivity contribution < 1.29 is 4.58 Å². The Morgan fingerprint density at radius 2 is 2.00 bits per heavy atom. The van der Waals surface area contributed by atoms with Gasteiger partial charge in [0.25, 0.3) is 0 Å². The molecular formula is C11H14ClN2+. The summed E-state index contributed by atoms with van der Waals surface area (Å²) in [5.74, 6) is 0. The van der Waals surface area contributed by atoms with Gasteiger partial charge in [0.05, 0.1) is 14.1 Å². The van der Waals surface area contributed by atoms with Crippen LogP contribution in [0.25, 0.3) is 0 Å². The molecule has 0 spiro atoms. The van der Waals surface area contributed by atoms with Crippen molar-refractivity contribution in [2.75, 3.05) is 20.6 Å². The molecule has 0 N–H and O–H groups in total. The predicted molar refractivity (Wildman–Crippen MR) is 58.9 cm³/mol. The van der Waals surface area contributed by atoms with E-state index in [0.717, 1.165) is 11.8 Å². The highest BCUT2D eigenvalue weighted by Crippen LogP contribution is 2.24. The molecule has 1 unspecified atom stereocenters. The summed E-state index contributed by atoms with van der Waals surface area (Å²) in [4.78, 5) is 2.11. The van der Waals surface area contributed by atoms with E-state index in [9.17, 15) is 0 Å². The second-order valence-corrected chi connectivity index (χ2v) is 4.03. The van der Waals surface area contributed by atoms with Crippen LogP contribution in [0.5, 0.6) is 0 Å². The highest BCUT2D eigenvalue weighted by Gasteiger charge is 2.34. The van der Waals surface area contributed by atoms with Crippen LogP contribution in [-0.2, 0) is 0 Å². The standard InChI is InChI=1S/C11H14ClN2/c1-13-8-10(14(2)11(13)12)9-6-4-3-5-7-9/h3-7,10H,8H2,1-2H3/q+1. The number of halogens is 1. The molecular weight excluding hydrogens is 196 g/mol. The van der Waals surface area contributed by atoms with Crippen LogP contribution in [0.15, 0.2) is 30.3 Å². The van der Waals surface area contributed by atoms with Crippen molar-refractivity contribution >= 4 is 16.9 Å². The van der Waals surface area contributed by atoms with Crippen LogP contribution in [0.4, 0.5) is 0 Å². The number of likely N-dealkylation sites (N-methyl/N-ethyl adjacent to an activating group) is 2. The minimum absolute atomic E-state index is 0.383. The van der Waals surface area contributed by atoms with E-state index in [1.807, 2.05) is 20.2 Å². The average molecular weight is 210 g/mol. The Morgan fingerprint density at radius 3 is 2.50 bits per heavy atom. The summed E-state index contributed by atoms with van der Waals surface area (Å²) in [5.41, 5.74) is 1.32. The Bertz CT molecular complexity index is 359. The zero-order valence-electron chi connectivity index (χ0n) is 8.44. The topological polar surface area (TPSA) is 6.25 Å². The van der Waals surface area contributed by atoms with Gasteiger partial charge in [-0.25, -0.2) is 9.48 Å². The van der Waals surface area contributed by atoms with Crippen LogP contribution >= 0.6 is 11.6 Å². The number of nitrogens with zero attached hydrogens (tertiary/aromatic N) is 2. The lowest BCUT2D eigenvalue weighted by atomic mass is 10.1. The molecule has 0 saturated carbocycles. The molecule has 0 bridgehead atoms. The second kappa shape index (κ2) is 3.62. The van der Waals surface area contributed by atoms with Crippen LogP contribution in [0.2, 0.25) is 0 Å². The van der Waals surface area contributed by atoms with Crippen LogP contribution in [-0.4, -0.2) is 35.4 Å². The predicted octanol–water partition coefficient (Wildman–Crippen LogP) is 1.91.